The zero-order valence-corrected chi connectivity index (χ0v) is 10.8. The monoisotopic (exact) mass is 237 g/mol. The van der Waals surface area contributed by atoms with Crippen LogP contribution in [0.3, 0.4) is 0 Å². The molecular weight excluding hydrogens is 218 g/mol. The molecule has 0 unspecified atom stereocenters. The largest absolute Gasteiger partial charge is 0.321 e. The van der Waals surface area contributed by atoms with Gasteiger partial charge in [-0.2, -0.15) is 0 Å². The Bertz CT molecular complexity index is 357. The van der Waals surface area contributed by atoms with Gasteiger partial charge in [0.15, 0.2) is 0 Å². The van der Waals surface area contributed by atoms with Gasteiger partial charge in [0.2, 0.25) is 0 Å². The Morgan fingerprint density at radius 2 is 1.62 bits per heavy atom. The van der Waals surface area contributed by atoms with E-state index in [1.54, 1.807) is 0 Å². The Balaban J connectivity index is 2.15. The van der Waals surface area contributed by atoms with E-state index in [4.69, 9.17) is 17.3 Å². The Labute approximate surface area is 103 Å². The molecule has 2 rings (SSSR count). The van der Waals surface area contributed by atoms with Gasteiger partial charge in [0.25, 0.3) is 0 Å². The predicted octanol–water partition coefficient (Wildman–Crippen LogP) is 4.09. The topological polar surface area (TPSA) is 26.0 Å². The molecule has 1 aromatic carbocycles. The number of rotatable bonds is 3. The Hall–Kier alpha value is -0.530. The van der Waals surface area contributed by atoms with Crippen LogP contribution >= 0.6 is 11.6 Å². The lowest BCUT2D eigenvalue weighted by Gasteiger charge is -2.54. The molecule has 1 aliphatic rings. The zero-order valence-electron chi connectivity index (χ0n) is 10.1. The number of hydrogen-bond acceptors (Lipinski definition) is 1. The molecule has 0 bridgehead atoms. The molecule has 1 aromatic rings. The molecule has 0 spiro atoms. The highest BCUT2D eigenvalue weighted by Gasteiger charge is 2.50. The van der Waals surface area contributed by atoms with Crippen LogP contribution in [0.1, 0.15) is 45.1 Å². The molecular formula is C14H20ClN. The average molecular weight is 238 g/mol. The van der Waals surface area contributed by atoms with E-state index in [0.717, 1.165) is 17.9 Å². The molecule has 1 nitrogen and oxygen atoms in total. The zero-order chi connectivity index (χ0) is 11.8. The predicted molar refractivity (Wildman–Crippen MR) is 69.6 cm³/mol. The minimum atomic E-state index is -0.114. The van der Waals surface area contributed by atoms with Gasteiger partial charge >= 0.3 is 0 Å². The van der Waals surface area contributed by atoms with E-state index in [1.807, 2.05) is 12.1 Å². The van der Waals surface area contributed by atoms with Gasteiger partial charge in [-0.15, -0.1) is 0 Å². The summed E-state index contributed by atoms with van der Waals surface area (Å²) >= 11 is 5.89. The van der Waals surface area contributed by atoms with E-state index in [2.05, 4.69) is 26.0 Å². The van der Waals surface area contributed by atoms with Gasteiger partial charge in [-0.25, -0.2) is 0 Å². The summed E-state index contributed by atoms with van der Waals surface area (Å²) in [5.74, 6) is 0. The molecule has 0 radical (unpaired) electrons. The normalized spacial score (nSPS) is 21.5. The first-order valence-corrected chi connectivity index (χ1v) is 6.46. The van der Waals surface area contributed by atoms with E-state index in [-0.39, 0.29) is 5.54 Å². The Kier molecular flexibility index (Phi) is 3.02. The molecule has 88 valence electrons. The smallest absolute Gasteiger partial charge is 0.0420 e. The first-order chi connectivity index (χ1) is 7.53. The van der Waals surface area contributed by atoms with Crippen LogP contribution in [0.4, 0.5) is 0 Å². The third kappa shape index (κ3) is 1.87. The summed E-state index contributed by atoms with van der Waals surface area (Å²) in [4.78, 5) is 0. The first kappa shape index (κ1) is 11.9. The lowest BCUT2D eigenvalue weighted by molar-refractivity contribution is 0.0166. The van der Waals surface area contributed by atoms with Crippen molar-refractivity contribution >= 4 is 11.6 Å². The van der Waals surface area contributed by atoms with Crippen molar-refractivity contribution < 1.29 is 0 Å². The van der Waals surface area contributed by atoms with Crippen LogP contribution in [0.2, 0.25) is 5.02 Å². The van der Waals surface area contributed by atoms with E-state index in [9.17, 15) is 0 Å². The highest BCUT2D eigenvalue weighted by atomic mass is 35.5. The van der Waals surface area contributed by atoms with Crippen LogP contribution in [0.5, 0.6) is 0 Å². The van der Waals surface area contributed by atoms with Crippen molar-refractivity contribution in [2.45, 2.75) is 45.1 Å². The Morgan fingerprint density at radius 3 is 2.06 bits per heavy atom. The molecule has 1 aliphatic carbocycles. The quantitative estimate of drug-likeness (QED) is 0.842. The fraction of sp³-hybridized carbons (Fsp3) is 0.571. The molecule has 2 heteroatoms. The summed E-state index contributed by atoms with van der Waals surface area (Å²) in [6.45, 7) is 4.54. The highest BCUT2D eigenvalue weighted by Crippen LogP contribution is 2.56. The summed E-state index contributed by atoms with van der Waals surface area (Å²) in [7, 11) is 0. The van der Waals surface area contributed by atoms with Gasteiger partial charge in [0, 0.05) is 10.6 Å². The van der Waals surface area contributed by atoms with Crippen LogP contribution in [0.25, 0.3) is 0 Å². The maximum absolute atomic E-state index is 6.46. The average Bonchev–Trinajstić information content (AvgIpc) is 2.25. The van der Waals surface area contributed by atoms with E-state index < -0.39 is 0 Å². The molecule has 1 fully saturated rings. The molecule has 0 saturated heterocycles. The van der Waals surface area contributed by atoms with Crippen LogP contribution in [-0.4, -0.2) is 0 Å². The summed E-state index contributed by atoms with van der Waals surface area (Å²) in [5, 5.41) is 0.781. The number of halogens is 1. The van der Waals surface area contributed by atoms with Gasteiger partial charge in [-0.1, -0.05) is 50.4 Å². The molecule has 0 atom stereocenters. The van der Waals surface area contributed by atoms with Crippen molar-refractivity contribution in [3.63, 3.8) is 0 Å². The number of nitrogens with two attached hydrogens (primary N) is 1. The molecule has 16 heavy (non-hydrogen) atoms. The van der Waals surface area contributed by atoms with Crippen molar-refractivity contribution in [3.8, 4) is 0 Å². The molecule has 0 amide bonds. The van der Waals surface area contributed by atoms with Crippen LogP contribution in [0.15, 0.2) is 24.3 Å². The van der Waals surface area contributed by atoms with Crippen molar-refractivity contribution in [1.82, 2.24) is 0 Å². The molecule has 1 saturated carbocycles. The van der Waals surface area contributed by atoms with Gasteiger partial charge < -0.3 is 5.73 Å². The fourth-order valence-electron chi connectivity index (χ4n) is 3.02. The van der Waals surface area contributed by atoms with Crippen molar-refractivity contribution in [2.24, 2.45) is 11.1 Å². The minimum Gasteiger partial charge on any atom is -0.321 e. The Morgan fingerprint density at radius 1 is 1.12 bits per heavy atom. The van der Waals surface area contributed by atoms with Crippen molar-refractivity contribution in [2.75, 3.05) is 0 Å². The second kappa shape index (κ2) is 4.05. The third-order valence-corrected chi connectivity index (χ3v) is 4.55. The van der Waals surface area contributed by atoms with Crippen LogP contribution in [-0.2, 0) is 5.54 Å². The molecule has 0 heterocycles. The lowest BCUT2D eigenvalue weighted by atomic mass is 9.53. The maximum atomic E-state index is 6.46. The van der Waals surface area contributed by atoms with Gasteiger partial charge in [-0.3, -0.25) is 0 Å². The van der Waals surface area contributed by atoms with E-state index >= 15 is 0 Å². The van der Waals surface area contributed by atoms with Gasteiger partial charge in [0.1, 0.15) is 0 Å². The molecule has 0 aromatic heterocycles. The van der Waals surface area contributed by atoms with E-state index in [1.165, 1.54) is 18.4 Å². The van der Waals surface area contributed by atoms with Crippen molar-refractivity contribution in [3.05, 3.63) is 34.9 Å². The van der Waals surface area contributed by atoms with Crippen molar-refractivity contribution in [1.29, 1.82) is 0 Å². The SMILES string of the molecule is CCC1(CC)CC(N)(c2ccc(Cl)cc2)C1. The minimum absolute atomic E-state index is 0.114. The molecule has 2 N–H and O–H groups in total. The first-order valence-electron chi connectivity index (χ1n) is 6.08. The number of benzene rings is 1. The second-order valence-electron chi connectivity index (χ2n) is 5.22. The van der Waals surface area contributed by atoms with Crippen LogP contribution < -0.4 is 5.73 Å². The summed E-state index contributed by atoms with van der Waals surface area (Å²) in [5.41, 5.74) is 8.05. The highest BCUT2D eigenvalue weighted by molar-refractivity contribution is 6.30. The maximum Gasteiger partial charge on any atom is 0.0420 e. The van der Waals surface area contributed by atoms with E-state index in [0.29, 0.717) is 5.41 Å². The fourth-order valence-corrected chi connectivity index (χ4v) is 3.15. The van der Waals surface area contributed by atoms with Gasteiger partial charge in [-0.05, 0) is 36.0 Å². The van der Waals surface area contributed by atoms with Gasteiger partial charge in [0.05, 0.1) is 0 Å². The summed E-state index contributed by atoms with van der Waals surface area (Å²) in [6.07, 6.45) is 4.68. The summed E-state index contributed by atoms with van der Waals surface area (Å²) in [6, 6.07) is 8.00. The number of hydrogen-bond donors (Lipinski definition) is 1. The molecule has 0 aliphatic heterocycles. The standard InChI is InChI=1S/C14H20ClN/c1-3-13(4-2)9-14(16,10-13)11-5-7-12(15)8-6-11/h5-8H,3-4,9-10,16H2,1-2H3. The van der Waals surface area contributed by atoms with Crippen LogP contribution in [0, 0.1) is 5.41 Å². The second-order valence-corrected chi connectivity index (χ2v) is 5.66. The summed E-state index contributed by atoms with van der Waals surface area (Å²) < 4.78 is 0. The lowest BCUT2D eigenvalue weighted by Crippen LogP contribution is -2.55. The third-order valence-electron chi connectivity index (χ3n) is 4.30.